The zero-order chi connectivity index (χ0) is 14.3. The van der Waals surface area contributed by atoms with Gasteiger partial charge in [-0.2, -0.15) is 0 Å². The first-order valence-electron chi connectivity index (χ1n) is 7.25. The highest BCUT2D eigenvalue weighted by atomic mass is 16.2. The molecule has 0 unspecified atom stereocenters. The van der Waals surface area contributed by atoms with Crippen molar-refractivity contribution >= 4 is 12.0 Å². The van der Waals surface area contributed by atoms with Gasteiger partial charge in [0, 0.05) is 11.7 Å². The van der Waals surface area contributed by atoms with Gasteiger partial charge >= 0.3 is 0 Å². The van der Waals surface area contributed by atoms with Crippen LogP contribution in [0.1, 0.15) is 44.2 Å². The van der Waals surface area contributed by atoms with E-state index in [1.807, 2.05) is 23.2 Å². The van der Waals surface area contributed by atoms with Crippen LogP contribution in [0.3, 0.4) is 0 Å². The first-order valence-corrected chi connectivity index (χ1v) is 7.25. The summed E-state index contributed by atoms with van der Waals surface area (Å²) in [7, 11) is 0. The van der Waals surface area contributed by atoms with Gasteiger partial charge in [0.2, 0.25) is 5.91 Å². The van der Waals surface area contributed by atoms with E-state index in [0.29, 0.717) is 0 Å². The van der Waals surface area contributed by atoms with E-state index in [0.717, 1.165) is 6.42 Å². The van der Waals surface area contributed by atoms with Crippen molar-refractivity contribution in [1.82, 2.24) is 4.90 Å². The lowest BCUT2D eigenvalue weighted by molar-refractivity contribution is -0.134. The molecule has 1 aliphatic heterocycles. The van der Waals surface area contributed by atoms with Crippen LogP contribution in [0, 0.1) is 5.92 Å². The number of nitrogens with zero attached hydrogens (tertiary/aromatic N) is 1. The molecule has 1 amide bonds. The highest BCUT2D eigenvalue weighted by molar-refractivity contribution is 5.88. The molecule has 2 heteroatoms. The Bertz CT molecular complexity index is 592. The minimum Gasteiger partial charge on any atom is -0.314 e. The number of hydrogen-bond acceptors (Lipinski definition) is 1. The fraction of sp³-hybridized carbons (Fsp3) is 0.389. The highest BCUT2D eigenvalue weighted by Gasteiger charge is 2.38. The third-order valence-corrected chi connectivity index (χ3v) is 4.17. The van der Waals surface area contributed by atoms with Crippen LogP contribution in [0.2, 0.25) is 0 Å². The molecule has 1 heterocycles. The van der Waals surface area contributed by atoms with Crippen LogP contribution >= 0.6 is 0 Å². The van der Waals surface area contributed by atoms with E-state index in [1.165, 1.54) is 11.1 Å². The van der Waals surface area contributed by atoms with Crippen molar-refractivity contribution in [3.05, 3.63) is 53.7 Å². The molecule has 3 rings (SSSR count). The molecule has 2 atom stereocenters. The van der Waals surface area contributed by atoms with E-state index in [4.69, 9.17) is 0 Å². The van der Waals surface area contributed by atoms with Crippen LogP contribution in [0.25, 0.3) is 6.08 Å². The number of benzene rings is 1. The van der Waals surface area contributed by atoms with Crippen molar-refractivity contribution in [2.24, 2.45) is 5.92 Å². The van der Waals surface area contributed by atoms with E-state index < -0.39 is 0 Å². The maximum absolute atomic E-state index is 13.0. The number of allylic oxidation sites excluding steroid dienone is 2. The summed E-state index contributed by atoms with van der Waals surface area (Å²) in [4.78, 5) is 14.9. The van der Waals surface area contributed by atoms with Gasteiger partial charge in [0.15, 0.2) is 0 Å². The Kier molecular flexibility index (Phi) is 3.04. The second-order valence-electron chi connectivity index (χ2n) is 6.63. The summed E-state index contributed by atoms with van der Waals surface area (Å²) in [6, 6.07) is 8.25. The Morgan fingerprint density at radius 1 is 1.20 bits per heavy atom. The molecule has 0 saturated heterocycles. The second-order valence-corrected chi connectivity index (χ2v) is 6.63. The summed E-state index contributed by atoms with van der Waals surface area (Å²) in [6.45, 7) is 6.25. The molecule has 0 radical (unpaired) electrons. The molecule has 2 nitrogen and oxygen atoms in total. The van der Waals surface area contributed by atoms with Gasteiger partial charge in [-0.05, 0) is 44.2 Å². The van der Waals surface area contributed by atoms with Crippen molar-refractivity contribution in [3.8, 4) is 0 Å². The predicted molar refractivity (Wildman–Crippen MR) is 82.1 cm³/mol. The zero-order valence-corrected chi connectivity index (χ0v) is 12.3. The molecule has 0 N–H and O–H groups in total. The summed E-state index contributed by atoms with van der Waals surface area (Å²) < 4.78 is 0. The normalized spacial score (nSPS) is 25.1. The van der Waals surface area contributed by atoms with E-state index >= 15 is 0 Å². The Morgan fingerprint density at radius 3 is 2.70 bits per heavy atom. The molecule has 0 fully saturated rings. The number of hydrogen-bond donors (Lipinski definition) is 0. The van der Waals surface area contributed by atoms with Crippen molar-refractivity contribution < 1.29 is 4.79 Å². The van der Waals surface area contributed by atoms with Crippen molar-refractivity contribution in [2.45, 2.75) is 38.6 Å². The van der Waals surface area contributed by atoms with Crippen LogP contribution in [-0.2, 0) is 4.79 Å². The number of rotatable bonds is 0. The first-order chi connectivity index (χ1) is 9.48. The van der Waals surface area contributed by atoms with E-state index in [-0.39, 0.29) is 23.3 Å². The summed E-state index contributed by atoms with van der Waals surface area (Å²) in [5, 5.41) is 0. The van der Waals surface area contributed by atoms with Crippen molar-refractivity contribution in [3.63, 3.8) is 0 Å². The van der Waals surface area contributed by atoms with Crippen LogP contribution in [0.15, 0.2) is 42.6 Å². The molecule has 1 aromatic carbocycles. The number of carbonyl (C=O) groups is 1. The van der Waals surface area contributed by atoms with E-state index in [2.05, 4.69) is 51.1 Å². The van der Waals surface area contributed by atoms with Gasteiger partial charge in [0.1, 0.15) is 0 Å². The summed E-state index contributed by atoms with van der Waals surface area (Å²) in [5.41, 5.74) is 2.17. The zero-order valence-electron chi connectivity index (χ0n) is 12.3. The van der Waals surface area contributed by atoms with Gasteiger partial charge in [-0.3, -0.25) is 4.79 Å². The minimum atomic E-state index is -0.182. The molecule has 1 aliphatic carbocycles. The van der Waals surface area contributed by atoms with E-state index in [9.17, 15) is 4.79 Å². The highest BCUT2D eigenvalue weighted by Crippen LogP contribution is 2.40. The number of carbonyl (C=O) groups excluding carboxylic acids is 1. The summed E-state index contributed by atoms with van der Waals surface area (Å²) >= 11 is 0. The molecule has 20 heavy (non-hydrogen) atoms. The molecule has 2 aliphatic rings. The Morgan fingerprint density at radius 2 is 1.95 bits per heavy atom. The molecule has 1 aromatic rings. The standard InChI is InChI=1S/C18H21NO/c1-18(2,3)19-12-6-8-14-11-10-13-7-4-5-9-15(13)16(14)17(19)20/h4-7,9-12,14,16H,8H2,1-3H3/t14-,16-/m1/s1. The monoisotopic (exact) mass is 267 g/mol. The van der Waals surface area contributed by atoms with Gasteiger partial charge in [-0.25, -0.2) is 0 Å². The van der Waals surface area contributed by atoms with Crippen molar-refractivity contribution in [1.29, 1.82) is 0 Å². The first kappa shape index (κ1) is 13.2. The second kappa shape index (κ2) is 4.62. The molecule has 0 spiro atoms. The van der Waals surface area contributed by atoms with Crippen LogP contribution in [-0.4, -0.2) is 16.3 Å². The van der Waals surface area contributed by atoms with Gasteiger partial charge in [0.05, 0.1) is 5.92 Å². The Balaban J connectivity index is 2.07. The Labute approximate surface area is 120 Å². The molecule has 0 bridgehead atoms. The SMILES string of the molecule is CC(C)(C)N1C=CC[C@@H]2C=Cc3ccccc3[C@@H]2C1=O. The lowest BCUT2D eigenvalue weighted by Crippen LogP contribution is -2.44. The molecule has 0 saturated carbocycles. The Hall–Kier alpha value is -1.83. The minimum absolute atomic E-state index is 0.0505. The molecule has 0 aromatic heterocycles. The predicted octanol–water partition coefficient (Wildman–Crippen LogP) is 3.96. The average molecular weight is 267 g/mol. The molecular formula is C18H21NO. The van der Waals surface area contributed by atoms with Gasteiger partial charge < -0.3 is 4.90 Å². The van der Waals surface area contributed by atoms with Crippen molar-refractivity contribution in [2.75, 3.05) is 0 Å². The fourth-order valence-corrected chi connectivity index (χ4v) is 3.15. The molecule has 104 valence electrons. The van der Waals surface area contributed by atoms with Gasteiger partial charge in [0.25, 0.3) is 0 Å². The lowest BCUT2D eigenvalue weighted by atomic mass is 9.77. The van der Waals surface area contributed by atoms with Gasteiger partial charge in [-0.15, -0.1) is 0 Å². The maximum Gasteiger partial charge on any atom is 0.235 e. The maximum atomic E-state index is 13.0. The summed E-state index contributed by atoms with van der Waals surface area (Å²) in [6.07, 6.45) is 9.38. The average Bonchev–Trinajstić information content (AvgIpc) is 2.57. The quantitative estimate of drug-likeness (QED) is 0.697. The van der Waals surface area contributed by atoms with Crippen LogP contribution in [0.5, 0.6) is 0 Å². The third-order valence-electron chi connectivity index (χ3n) is 4.17. The van der Waals surface area contributed by atoms with Crippen LogP contribution < -0.4 is 0 Å². The van der Waals surface area contributed by atoms with E-state index in [1.54, 1.807) is 0 Å². The summed E-state index contributed by atoms with van der Waals surface area (Å²) in [5.74, 6) is 0.444. The number of amides is 1. The molecular weight excluding hydrogens is 246 g/mol. The largest absolute Gasteiger partial charge is 0.314 e. The smallest absolute Gasteiger partial charge is 0.235 e. The fourth-order valence-electron chi connectivity index (χ4n) is 3.15. The number of fused-ring (bicyclic) bond motifs is 3. The topological polar surface area (TPSA) is 20.3 Å². The van der Waals surface area contributed by atoms with Gasteiger partial charge in [-0.1, -0.05) is 42.5 Å². The third kappa shape index (κ3) is 2.09. The lowest BCUT2D eigenvalue weighted by Gasteiger charge is -2.36. The van der Waals surface area contributed by atoms with Crippen LogP contribution in [0.4, 0.5) is 0 Å².